The molecule has 0 aliphatic carbocycles. The number of carbonyl (C=O) groups is 1. The van der Waals surface area contributed by atoms with Crippen molar-refractivity contribution < 1.29 is 19.6 Å². The molecule has 0 unspecified atom stereocenters. The highest BCUT2D eigenvalue weighted by molar-refractivity contribution is 5.92. The molecule has 2 rings (SSSR count). The number of hydrogen-bond acceptors (Lipinski definition) is 5. The molecule has 2 aromatic rings. The number of pyridine rings is 1. The minimum Gasteiger partial charge on any atom is -0.477 e. The van der Waals surface area contributed by atoms with E-state index in [4.69, 9.17) is 9.84 Å². The predicted octanol–water partition coefficient (Wildman–Crippen LogP) is 2.79. The molecule has 7 heteroatoms. The van der Waals surface area contributed by atoms with Crippen LogP contribution < -0.4 is 4.74 Å². The summed E-state index contributed by atoms with van der Waals surface area (Å²) in [5.41, 5.74) is -0.274. The Hall–Kier alpha value is -2.96. The van der Waals surface area contributed by atoms with E-state index < -0.39 is 22.1 Å². The van der Waals surface area contributed by atoms with Gasteiger partial charge in [-0.2, -0.15) is 0 Å². The number of nitrogens with zero attached hydrogens (tertiary/aromatic N) is 2. The van der Waals surface area contributed by atoms with E-state index in [9.17, 15) is 14.9 Å². The lowest BCUT2D eigenvalue weighted by Crippen LogP contribution is -2.03. The molecule has 0 atom stereocenters. The number of aromatic carboxylic acids is 1. The number of nitro benzene ring substituents is 1. The number of nitro groups is 1. The first-order valence-electron chi connectivity index (χ1n) is 5.60. The summed E-state index contributed by atoms with van der Waals surface area (Å²) in [6.45, 7) is 1.73. The third-order valence-electron chi connectivity index (χ3n) is 2.58. The summed E-state index contributed by atoms with van der Waals surface area (Å²) in [7, 11) is 0. The number of carboxylic acid groups (broad SMARTS) is 1. The van der Waals surface area contributed by atoms with Gasteiger partial charge in [-0.25, -0.2) is 4.79 Å². The summed E-state index contributed by atoms with van der Waals surface area (Å²) in [6.07, 6.45) is 1.60. The minimum atomic E-state index is -1.38. The molecule has 102 valence electrons. The second-order valence-corrected chi connectivity index (χ2v) is 3.93. The van der Waals surface area contributed by atoms with Crippen molar-refractivity contribution >= 4 is 11.7 Å². The maximum Gasteiger partial charge on any atom is 0.342 e. The van der Waals surface area contributed by atoms with Gasteiger partial charge in [-0.15, -0.1) is 0 Å². The van der Waals surface area contributed by atoms with Crippen LogP contribution >= 0.6 is 0 Å². The Balaban J connectivity index is 2.40. The predicted molar refractivity (Wildman–Crippen MR) is 69.1 cm³/mol. The Kier molecular flexibility index (Phi) is 3.60. The Labute approximate surface area is 113 Å². The SMILES string of the molecule is Cc1ncccc1Oc1ccc([N+](=O)[O-])c(C(=O)O)c1. The van der Waals surface area contributed by atoms with Gasteiger partial charge in [-0.1, -0.05) is 0 Å². The zero-order chi connectivity index (χ0) is 14.7. The second-order valence-electron chi connectivity index (χ2n) is 3.93. The summed E-state index contributed by atoms with van der Waals surface area (Å²) in [4.78, 5) is 25.0. The summed E-state index contributed by atoms with van der Waals surface area (Å²) in [6, 6.07) is 6.91. The lowest BCUT2D eigenvalue weighted by molar-refractivity contribution is -0.385. The van der Waals surface area contributed by atoms with Crippen molar-refractivity contribution in [2.24, 2.45) is 0 Å². The molecule has 20 heavy (non-hydrogen) atoms. The average molecular weight is 274 g/mol. The van der Waals surface area contributed by atoms with Gasteiger partial charge < -0.3 is 9.84 Å². The first-order valence-corrected chi connectivity index (χ1v) is 5.60. The van der Waals surface area contributed by atoms with Crippen LogP contribution in [0.4, 0.5) is 5.69 Å². The largest absolute Gasteiger partial charge is 0.477 e. The third kappa shape index (κ3) is 2.72. The molecule has 0 fully saturated rings. The first kappa shape index (κ1) is 13.5. The minimum absolute atomic E-state index is 0.198. The van der Waals surface area contributed by atoms with Crippen LogP contribution in [0.25, 0.3) is 0 Å². The summed E-state index contributed by atoms with van der Waals surface area (Å²) in [5.74, 6) is -0.730. The third-order valence-corrected chi connectivity index (χ3v) is 2.58. The molecule has 0 radical (unpaired) electrons. The lowest BCUT2D eigenvalue weighted by Gasteiger charge is -2.08. The number of ether oxygens (including phenoxy) is 1. The van der Waals surface area contributed by atoms with Crippen LogP contribution in [-0.2, 0) is 0 Å². The molecule has 1 heterocycles. The number of aromatic nitrogens is 1. The molecular weight excluding hydrogens is 264 g/mol. The quantitative estimate of drug-likeness (QED) is 0.679. The van der Waals surface area contributed by atoms with Gasteiger partial charge in [0.1, 0.15) is 17.1 Å². The van der Waals surface area contributed by atoms with Crippen LogP contribution in [-0.4, -0.2) is 21.0 Å². The summed E-state index contributed by atoms with van der Waals surface area (Å²) >= 11 is 0. The highest BCUT2D eigenvalue weighted by Gasteiger charge is 2.20. The fraction of sp³-hybridized carbons (Fsp3) is 0.0769. The Bertz CT molecular complexity index is 684. The van der Waals surface area contributed by atoms with E-state index >= 15 is 0 Å². The van der Waals surface area contributed by atoms with Gasteiger partial charge in [0.25, 0.3) is 5.69 Å². The monoisotopic (exact) mass is 274 g/mol. The number of hydrogen-bond donors (Lipinski definition) is 1. The fourth-order valence-corrected chi connectivity index (χ4v) is 1.61. The van der Waals surface area contributed by atoms with Crippen molar-refractivity contribution in [1.82, 2.24) is 4.98 Å². The number of carboxylic acids is 1. The van der Waals surface area contributed by atoms with Gasteiger partial charge >= 0.3 is 5.97 Å². The van der Waals surface area contributed by atoms with Crippen LogP contribution in [0, 0.1) is 17.0 Å². The molecular formula is C13H10N2O5. The molecule has 1 aromatic heterocycles. The van der Waals surface area contributed by atoms with Gasteiger partial charge in [-0.3, -0.25) is 15.1 Å². The van der Waals surface area contributed by atoms with Crippen LogP contribution in [0.5, 0.6) is 11.5 Å². The van der Waals surface area contributed by atoms with E-state index in [0.717, 1.165) is 12.1 Å². The maximum absolute atomic E-state index is 11.0. The molecule has 0 aliphatic heterocycles. The smallest absolute Gasteiger partial charge is 0.342 e. The van der Waals surface area contributed by atoms with E-state index in [2.05, 4.69) is 4.98 Å². The van der Waals surface area contributed by atoms with E-state index in [1.807, 2.05) is 0 Å². The van der Waals surface area contributed by atoms with Crippen molar-refractivity contribution in [3.8, 4) is 11.5 Å². The van der Waals surface area contributed by atoms with Gasteiger partial charge in [0.15, 0.2) is 0 Å². The van der Waals surface area contributed by atoms with Crippen LogP contribution in [0.3, 0.4) is 0 Å². The number of rotatable bonds is 4. The molecule has 7 nitrogen and oxygen atoms in total. The molecule has 0 aliphatic rings. The van der Waals surface area contributed by atoms with Crippen molar-refractivity contribution in [2.45, 2.75) is 6.92 Å². The Morgan fingerprint density at radius 2 is 2.15 bits per heavy atom. The van der Waals surface area contributed by atoms with Crippen LogP contribution in [0.1, 0.15) is 16.1 Å². The molecule has 0 saturated heterocycles. The fourth-order valence-electron chi connectivity index (χ4n) is 1.61. The number of aryl methyl sites for hydroxylation is 1. The summed E-state index contributed by atoms with van der Waals surface area (Å²) in [5, 5.41) is 19.7. The Morgan fingerprint density at radius 3 is 2.75 bits per heavy atom. The molecule has 0 spiro atoms. The van der Waals surface area contributed by atoms with E-state index in [-0.39, 0.29) is 5.75 Å². The molecule has 1 N–H and O–H groups in total. The Morgan fingerprint density at radius 1 is 1.40 bits per heavy atom. The zero-order valence-electron chi connectivity index (χ0n) is 10.4. The van der Waals surface area contributed by atoms with Crippen molar-refractivity contribution in [2.75, 3.05) is 0 Å². The molecule has 0 saturated carbocycles. The normalized spacial score (nSPS) is 10.1. The molecule has 0 bridgehead atoms. The van der Waals surface area contributed by atoms with Gasteiger partial charge in [0.05, 0.1) is 10.6 Å². The summed E-state index contributed by atoms with van der Waals surface area (Å²) < 4.78 is 5.49. The molecule has 1 aromatic carbocycles. The van der Waals surface area contributed by atoms with E-state index in [0.29, 0.717) is 11.4 Å². The van der Waals surface area contributed by atoms with E-state index in [1.165, 1.54) is 6.07 Å². The second kappa shape index (κ2) is 5.35. The van der Waals surface area contributed by atoms with Crippen molar-refractivity contribution in [3.05, 3.63) is 57.9 Å². The molecule has 0 amide bonds. The van der Waals surface area contributed by atoms with Crippen LogP contribution in [0.2, 0.25) is 0 Å². The standard InChI is InChI=1S/C13H10N2O5/c1-8-12(3-2-6-14-8)20-9-4-5-11(15(18)19)10(7-9)13(16)17/h2-7H,1H3,(H,16,17). The van der Waals surface area contributed by atoms with Crippen molar-refractivity contribution in [1.29, 1.82) is 0 Å². The van der Waals surface area contributed by atoms with E-state index in [1.54, 1.807) is 25.3 Å². The average Bonchev–Trinajstić information content (AvgIpc) is 2.41. The van der Waals surface area contributed by atoms with Crippen molar-refractivity contribution in [3.63, 3.8) is 0 Å². The lowest BCUT2D eigenvalue weighted by atomic mass is 10.1. The highest BCUT2D eigenvalue weighted by atomic mass is 16.6. The van der Waals surface area contributed by atoms with Crippen LogP contribution in [0.15, 0.2) is 36.5 Å². The topological polar surface area (TPSA) is 103 Å². The van der Waals surface area contributed by atoms with Gasteiger partial charge in [-0.05, 0) is 25.1 Å². The number of benzene rings is 1. The van der Waals surface area contributed by atoms with Gasteiger partial charge in [0, 0.05) is 18.3 Å². The van der Waals surface area contributed by atoms with Gasteiger partial charge in [0.2, 0.25) is 0 Å². The highest BCUT2D eigenvalue weighted by Crippen LogP contribution is 2.28. The maximum atomic E-state index is 11.0. The first-order chi connectivity index (χ1) is 9.49. The zero-order valence-corrected chi connectivity index (χ0v) is 10.4.